The van der Waals surface area contributed by atoms with Crippen LogP contribution in [0.1, 0.15) is 12.8 Å². The molecule has 0 aliphatic carbocycles. The van der Waals surface area contributed by atoms with Crippen LogP contribution < -0.4 is 0 Å². The van der Waals surface area contributed by atoms with Crippen LogP contribution in [0, 0.1) is 11.7 Å². The van der Waals surface area contributed by atoms with Gasteiger partial charge in [0.15, 0.2) is 0 Å². The van der Waals surface area contributed by atoms with Gasteiger partial charge in [-0.1, -0.05) is 0 Å². The summed E-state index contributed by atoms with van der Waals surface area (Å²) in [7, 11) is -3.85. The second-order valence-corrected chi connectivity index (χ2v) is 6.61. The molecule has 3 nitrogen and oxygen atoms in total. The molecule has 2 rings (SSSR count). The van der Waals surface area contributed by atoms with Gasteiger partial charge in [-0.2, -0.15) is 17.5 Å². The van der Waals surface area contributed by atoms with E-state index in [0.717, 1.165) is 28.6 Å². The van der Waals surface area contributed by atoms with Gasteiger partial charge in [0, 0.05) is 13.1 Å². The zero-order valence-corrected chi connectivity index (χ0v) is 11.2. The molecule has 0 saturated carbocycles. The van der Waals surface area contributed by atoms with Crippen molar-refractivity contribution in [2.24, 2.45) is 5.92 Å². The fraction of sp³-hybridized carbons (Fsp3) is 0.500. The molecule has 1 saturated heterocycles. The van der Waals surface area contributed by atoms with Crippen LogP contribution in [0.3, 0.4) is 0 Å². The van der Waals surface area contributed by atoms with E-state index in [2.05, 4.69) is 0 Å². The minimum absolute atomic E-state index is 0.107. The second-order valence-electron chi connectivity index (χ2n) is 4.67. The molecule has 1 heterocycles. The summed E-state index contributed by atoms with van der Waals surface area (Å²) in [5.41, 5.74) is 0. The highest BCUT2D eigenvalue weighted by atomic mass is 32.2. The van der Waals surface area contributed by atoms with Gasteiger partial charge in [-0.05, 0) is 37.1 Å². The van der Waals surface area contributed by atoms with Crippen molar-refractivity contribution in [2.75, 3.05) is 13.1 Å². The summed E-state index contributed by atoms with van der Waals surface area (Å²) in [5.74, 6) is -2.03. The highest BCUT2D eigenvalue weighted by molar-refractivity contribution is 7.89. The summed E-state index contributed by atoms with van der Waals surface area (Å²) in [6.07, 6.45) is -4.78. The predicted molar refractivity (Wildman–Crippen MR) is 63.9 cm³/mol. The lowest BCUT2D eigenvalue weighted by atomic mass is 9.98. The number of hydrogen-bond acceptors (Lipinski definition) is 2. The monoisotopic (exact) mass is 311 g/mol. The van der Waals surface area contributed by atoms with Gasteiger partial charge in [-0.3, -0.25) is 0 Å². The molecule has 0 atom stereocenters. The Morgan fingerprint density at radius 2 is 1.55 bits per heavy atom. The standard InChI is InChI=1S/C12H13F4NO2S/c13-10-1-3-11(4-2-10)20(18,19)17-7-5-9(6-8-17)12(14,15)16/h1-4,9H,5-8H2. The molecule has 0 radical (unpaired) electrons. The number of rotatable bonds is 2. The molecular weight excluding hydrogens is 298 g/mol. The number of halogens is 4. The van der Waals surface area contributed by atoms with E-state index < -0.39 is 27.9 Å². The number of nitrogens with zero attached hydrogens (tertiary/aromatic N) is 1. The fourth-order valence-corrected chi connectivity index (χ4v) is 3.65. The Morgan fingerprint density at radius 1 is 1.05 bits per heavy atom. The minimum Gasteiger partial charge on any atom is -0.207 e. The fourth-order valence-electron chi connectivity index (χ4n) is 2.18. The number of hydrogen-bond donors (Lipinski definition) is 0. The summed E-state index contributed by atoms with van der Waals surface area (Å²) >= 11 is 0. The number of benzene rings is 1. The molecule has 1 aromatic carbocycles. The molecule has 1 aliphatic rings. The molecule has 0 amide bonds. The molecule has 0 spiro atoms. The van der Waals surface area contributed by atoms with E-state index in [1.165, 1.54) is 0 Å². The Kier molecular flexibility index (Phi) is 4.06. The van der Waals surface area contributed by atoms with E-state index in [-0.39, 0.29) is 30.8 Å². The van der Waals surface area contributed by atoms with Crippen molar-refractivity contribution >= 4 is 10.0 Å². The average Bonchev–Trinajstić information content (AvgIpc) is 2.38. The third-order valence-corrected chi connectivity index (χ3v) is 5.28. The van der Waals surface area contributed by atoms with Gasteiger partial charge < -0.3 is 0 Å². The minimum atomic E-state index is -4.29. The van der Waals surface area contributed by atoms with Gasteiger partial charge in [0.25, 0.3) is 0 Å². The highest BCUT2D eigenvalue weighted by Gasteiger charge is 2.42. The van der Waals surface area contributed by atoms with E-state index in [1.807, 2.05) is 0 Å². The molecule has 0 bridgehead atoms. The van der Waals surface area contributed by atoms with Crippen LogP contribution in [0.25, 0.3) is 0 Å². The summed E-state index contributed by atoms with van der Waals surface area (Å²) < 4.78 is 75.7. The molecule has 1 fully saturated rings. The molecule has 0 aromatic heterocycles. The smallest absolute Gasteiger partial charge is 0.207 e. The first-order valence-corrected chi connectivity index (χ1v) is 7.48. The van der Waals surface area contributed by atoms with E-state index in [0.29, 0.717) is 0 Å². The molecular formula is C12H13F4NO2S. The predicted octanol–water partition coefficient (Wildman–Crippen LogP) is 2.79. The highest BCUT2D eigenvalue weighted by Crippen LogP contribution is 2.35. The van der Waals surface area contributed by atoms with Crippen molar-refractivity contribution in [2.45, 2.75) is 23.9 Å². The van der Waals surface area contributed by atoms with Gasteiger partial charge in [0.05, 0.1) is 10.8 Å². The Balaban J connectivity index is 2.11. The third-order valence-electron chi connectivity index (χ3n) is 3.37. The SMILES string of the molecule is O=S(=O)(c1ccc(F)cc1)N1CCC(C(F)(F)F)CC1. The van der Waals surface area contributed by atoms with Crippen molar-refractivity contribution in [1.29, 1.82) is 0 Å². The molecule has 0 unspecified atom stereocenters. The zero-order valence-electron chi connectivity index (χ0n) is 10.4. The molecule has 0 N–H and O–H groups in total. The Morgan fingerprint density at radius 3 is 2.00 bits per heavy atom. The Labute approximate surface area is 114 Å². The maximum atomic E-state index is 12.8. The van der Waals surface area contributed by atoms with Crippen LogP contribution in [0.4, 0.5) is 17.6 Å². The quantitative estimate of drug-likeness (QED) is 0.788. The van der Waals surface area contributed by atoms with Gasteiger partial charge >= 0.3 is 6.18 Å². The van der Waals surface area contributed by atoms with Crippen LogP contribution in [0.5, 0.6) is 0 Å². The van der Waals surface area contributed by atoms with E-state index in [9.17, 15) is 26.0 Å². The Hall–Kier alpha value is -1.15. The lowest BCUT2D eigenvalue weighted by molar-refractivity contribution is -0.182. The Bertz CT molecular complexity index is 560. The van der Waals surface area contributed by atoms with Crippen molar-refractivity contribution in [3.63, 3.8) is 0 Å². The lowest BCUT2D eigenvalue weighted by Gasteiger charge is -2.32. The zero-order chi connectivity index (χ0) is 15.0. The first-order valence-electron chi connectivity index (χ1n) is 6.03. The topological polar surface area (TPSA) is 37.4 Å². The molecule has 1 aromatic rings. The lowest BCUT2D eigenvalue weighted by Crippen LogP contribution is -2.42. The molecule has 20 heavy (non-hydrogen) atoms. The van der Waals surface area contributed by atoms with Gasteiger partial charge in [0.2, 0.25) is 10.0 Å². The maximum Gasteiger partial charge on any atom is 0.391 e. The van der Waals surface area contributed by atoms with Gasteiger partial charge in [-0.25, -0.2) is 12.8 Å². The third kappa shape index (κ3) is 3.12. The van der Waals surface area contributed by atoms with Crippen LogP contribution in [0.2, 0.25) is 0 Å². The molecule has 8 heteroatoms. The van der Waals surface area contributed by atoms with E-state index >= 15 is 0 Å². The van der Waals surface area contributed by atoms with Crippen molar-refractivity contribution in [3.8, 4) is 0 Å². The summed E-state index contributed by atoms with van der Waals surface area (Å²) in [4.78, 5) is -0.107. The molecule has 1 aliphatic heterocycles. The number of sulfonamides is 1. The first kappa shape index (κ1) is 15.2. The van der Waals surface area contributed by atoms with Crippen LogP contribution in [-0.2, 0) is 10.0 Å². The largest absolute Gasteiger partial charge is 0.391 e. The summed E-state index contributed by atoms with van der Waals surface area (Å²) in [5, 5.41) is 0. The van der Waals surface area contributed by atoms with Crippen molar-refractivity contribution in [1.82, 2.24) is 4.31 Å². The van der Waals surface area contributed by atoms with Gasteiger partial charge in [0.1, 0.15) is 5.82 Å². The first-order chi connectivity index (χ1) is 9.21. The normalized spacial score (nSPS) is 19.2. The summed E-state index contributed by atoms with van der Waals surface area (Å²) in [6.45, 7) is -0.353. The number of piperidine rings is 1. The van der Waals surface area contributed by atoms with Crippen LogP contribution >= 0.6 is 0 Å². The maximum absolute atomic E-state index is 12.8. The van der Waals surface area contributed by atoms with Crippen molar-refractivity contribution in [3.05, 3.63) is 30.1 Å². The summed E-state index contributed by atoms with van der Waals surface area (Å²) in [6, 6.07) is 4.24. The average molecular weight is 311 g/mol. The second kappa shape index (κ2) is 5.33. The van der Waals surface area contributed by atoms with Crippen LogP contribution in [0.15, 0.2) is 29.2 Å². The van der Waals surface area contributed by atoms with Gasteiger partial charge in [-0.15, -0.1) is 0 Å². The molecule has 112 valence electrons. The number of alkyl halides is 3. The van der Waals surface area contributed by atoms with Crippen LogP contribution in [-0.4, -0.2) is 32.0 Å². The van der Waals surface area contributed by atoms with E-state index in [4.69, 9.17) is 0 Å². The van der Waals surface area contributed by atoms with Crippen molar-refractivity contribution < 1.29 is 26.0 Å². The van der Waals surface area contributed by atoms with E-state index in [1.54, 1.807) is 0 Å².